The Morgan fingerprint density at radius 2 is 1.52 bits per heavy atom. The molecule has 1 heterocycles. The fourth-order valence-corrected chi connectivity index (χ4v) is 2.05. The zero-order valence-corrected chi connectivity index (χ0v) is 15.0. The molecule has 3 rings (SSSR count). The van der Waals surface area contributed by atoms with Crippen LogP contribution >= 0.6 is 0 Å². The number of hydrogen-bond donors (Lipinski definition) is 0. The van der Waals surface area contributed by atoms with Gasteiger partial charge < -0.3 is 4.98 Å². The van der Waals surface area contributed by atoms with Gasteiger partial charge in [0, 0.05) is 38.2 Å². The van der Waals surface area contributed by atoms with Crippen LogP contribution in [-0.4, -0.2) is 9.97 Å². The predicted molar refractivity (Wildman–Crippen MR) is 83.2 cm³/mol. The molecule has 101 valence electrons. The van der Waals surface area contributed by atoms with Gasteiger partial charge in [0.25, 0.3) is 0 Å². The average molecular weight is 348 g/mol. The molecule has 0 saturated carbocycles. The molecule has 0 unspecified atom stereocenters. The van der Waals surface area contributed by atoms with E-state index >= 15 is 0 Å². The molecule has 0 amide bonds. The van der Waals surface area contributed by atoms with Crippen molar-refractivity contribution in [2.75, 3.05) is 0 Å². The van der Waals surface area contributed by atoms with Crippen LogP contribution in [-0.2, 0) is 32.7 Å². The number of hydrogen-bond acceptors (Lipinski definition) is 2. The number of fused-ring (bicyclic) bond motifs is 1. The third-order valence-electron chi connectivity index (χ3n) is 3.17. The van der Waals surface area contributed by atoms with Crippen LogP contribution in [0, 0.1) is 20.0 Å². The van der Waals surface area contributed by atoms with Crippen LogP contribution in [0.5, 0.6) is 0 Å². The Hall–Kier alpha value is -1.38. The molecular weight excluding hydrogens is 333 g/mol. The third kappa shape index (κ3) is 4.06. The van der Waals surface area contributed by atoms with Gasteiger partial charge in [0.1, 0.15) is 0 Å². The second-order valence-electron chi connectivity index (χ2n) is 4.91. The third-order valence-corrected chi connectivity index (χ3v) is 3.17. The average Bonchev–Trinajstić information content (AvgIpc) is 2.46. The summed E-state index contributed by atoms with van der Waals surface area (Å²) in [5.41, 5.74) is 6.19. The Balaban J connectivity index is 0.00000161. The minimum Gasteiger partial charge on any atom is -0.448 e. The van der Waals surface area contributed by atoms with Crippen molar-refractivity contribution in [1.29, 1.82) is 0 Å². The van der Waals surface area contributed by atoms with Gasteiger partial charge in [0.15, 0.2) is 0 Å². The Labute approximate surface area is 150 Å². The van der Waals surface area contributed by atoms with E-state index in [2.05, 4.69) is 65.6 Å². The molecule has 3 aromatic rings. The SMILES string of the molecule is Cc1ccc(C=Cc2ccc3nc(C)[c-]nc3c2)cc1.[Y]. The summed E-state index contributed by atoms with van der Waals surface area (Å²) in [5.74, 6) is 0. The van der Waals surface area contributed by atoms with E-state index in [4.69, 9.17) is 0 Å². The molecule has 0 aliphatic rings. The van der Waals surface area contributed by atoms with E-state index in [9.17, 15) is 0 Å². The maximum absolute atomic E-state index is 4.40. The van der Waals surface area contributed by atoms with E-state index in [0.29, 0.717) is 0 Å². The van der Waals surface area contributed by atoms with E-state index in [1.165, 1.54) is 11.1 Å². The van der Waals surface area contributed by atoms with E-state index in [1.807, 2.05) is 19.1 Å². The van der Waals surface area contributed by atoms with Crippen molar-refractivity contribution in [3.8, 4) is 0 Å². The van der Waals surface area contributed by atoms with Gasteiger partial charge in [-0.25, -0.2) is 0 Å². The molecule has 1 aromatic heterocycles. The van der Waals surface area contributed by atoms with Crippen LogP contribution in [0.15, 0.2) is 42.5 Å². The molecule has 0 fully saturated rings. The van der Waals surface area contributed by atoms with E-state index in [1.54, 1.807) is 0 Å². The van der Waals surface area contributed by atoms with Gasteiger partial charge >= 0.3 is 0 Å². The summed E-state index contributed by atoms with van der Waals surface area (Å²) in [6.07, 6.45) is 7.09. The van der Waals surface area contributed by atoms with Gasteiger partial charge in [-0.05, 0) is 30.7 Å². The smallest absolute Gasteiger partial charge is 0.00514 e. The molecule has 0 bridgehead atoms. The minimum atomic E-state index is 0. The second-order valence-corrected chi connectivity index (χ2v) is 4.91. The molecule has 1 radical (unpaired) electrons. The van der Waals surface area contributed by atoms with Gasteiger partial charge in [-0.2, -0.15) is 0 Å². The summed E-state index contributed by atoms with van der Waals surface area (Å²) in [7, 11) is 0. The van der Waals surface area contributed by atoms with Crippen molar-refractivity contribution in [3.63, 3.8) is 0 Å². The first kappa shape index (κ1) is 16.0. The predicted octanol–water partition coefficient (Wildman–Crippen LogP) is 4.21. The molecule has 0 atom stereocenters. The van der Waals surface area contributed by atoms with Crippen molar-refractivity contribution in [1.82, 2.24) is 9.97 Å². The fourth-order valence-electron chi connectivity index (χ4n) is 2.05. The maximum atomic E-state index is 4.40. The fraction of sp³-hybridized carbons (Fsp3) is 0.111. The van der Waals surface area contributed by atoms with Gasteiger partial charge in [0.05, 0.1) is 0 Å². The van der Waals surface area contributed by atoms with Gasteiger partial charge in [-0.1, -0.05) is 59.6 Å². The molecule has 0 aliphatic heterocycles. The molecule has 0 saturated heterocycles. The first-order valence-corrected chi connectivity index (χ1v) is 6.61. The molecule has 2 nitrogen and oxygen atoms in total. The zero-order valence-electron chi connectivity index (χ0n) is 12.2. The van der Waals surface area contributed by atoms with Gasteiger partial charge in [-0.15, -0.1) is 12.3 Å². The number of aromatic nitrogens is 2. The van der Waals surface area contributed by atoms with Crippen LogP contribution < -0.4 is 0 Å². The maximum Gasteiger partial charge on any atom is 0.00514 e. The van der Waals surface area contributed by atoms with Crippen LogP contribution in [0.3, 0.4) is 0 Å². The number of rotatable bonds is 2. The van der Waals surface area contributed by atoms with Crippen molar-refractivity contribution in [2.45, 2.75) is 13.8 Å². The van der Waals surface area contributed by atoms with Crippen LogP contribution in [0.4, 0.5) is 0 Å². The van der Waals surface area contributed by atoms with E-state index < -0.39 is 0 Å². The summed E-state index contributed by atoms with van der Waals surface area (Å²) >= 11 is 0. The van der Waals surface area contributed by atoms with Crippen LogP contribution in [0.2, 0.25) is 0 Å². The van der Waals surface area contributed by atoms with Gasteiger partial charge in [-0.3, -0.25) is 4.98 Å². The van der Waals surface area contributed by atoms with E-state index in [-0.39, 0.29) is 32.7 Å². The Kier molecular flexibility index (Phi) is 5.38. The van der Waals surface area contributed by atoms with Crippen molar-refractivity contribution in [2.24, 2.45) is 0 Å². The summed E-state index contributed by atoms with van der Waals surface area (Å²) in [6, 6.07) is 14.5. The van der Waals surface area contributed by atoms with Crippen LogP contribution in [0.25, 0.3) is 23.2 Å². The first-order chi connectivity index (χ1) is 9.70. The topological polar surface area (TPSA) is 25.8 Å². The Morgan fingerprint density at radius 3 is 2.29 bits per heavy atom. The zero-order chi connectivity index (χ0) is 13.9. The number of aryl methyl sites for hydroxylation is 2. The molecule has 0 aliphatic carbocycles. The summed E-state index contributed by atoms with van der Waals surface area (Å²) in [5, 5.41) is 0. The van der Waals surface area contributed by atoms with Crippen molar-refractivity contribution < 1.29 is 32.7 Å². The van der Waals surface area contributed by atoms with Gasteiger partial charge in [0.2, 0.25) is 0 Å². The Bertz CT molecular complexity index is 777. The van der Waals surface area contributed by atoms with E-state index in [0.717, 1.165) is 22.3 Å². The standard InChI is InChI=1S/C18H15N2.Y/c1-13-3-5-15(6-4-13)7-8-16-9-10-17-18(11-16)19-12-14(2)20-17;/h3-11H,1-2H3;/q-1;. The number of benzene rings is 2. The molecular formula is C18H15N2Y-. The summed E-state index contributed by atoms with van der Waals surface area (Å²) in [6.45, 7) is 3.99. The van der Waals surface area contributed by atoms with Crippen molar-refractivity contribution in [3.05, 3.63) is 71.0 Å². The largest absolute Gasteiger partial charge is 0.448 e. The second kappa shape index (κ2) is 7.06. The molecule has 0 spiro atoms. The summed E-state index contributed by atoms with van der Waals surface area (Å²) in [4.78, 5) is 8.69. The Morgan fingerprint density at radius 1 is 0.857 bits per heavy atom. The normalized spacial score (nSPS) is 10.8. The first-order valence-electron chi connectivity index (χ1n) is 6.61. The quantitative estimate of drug-likeness (QED) is 0.512. The molecule has 0 N–H and O–H groups in total. The minimum absolute atomic E-state index is 0. The molecule has 2 aromatic carbocycles. The molecule has 3 heteroatoms. The molecule has 21 heavy (non-hydrogen) atoms. The summed E-state index contributed by atoms with van der Waals surface area (Å²) < 4.78 is 0. The van der Waals surface area contributed by atoms with Crippen LogP contribution in [0.1, 0.15) is 22.4 Å². The van der Waals surface area contributed by atoms with Crippen molar-refractivity contribution >= 4 is 23.2 Å². The number of nitrogens with zero attached hydrogens (tertiary/aromatic N) is 2. The monoisotopic (exact) mass is 348 g/mol.